The molecule has 3 N–H and O–H groups in total. The molecule has 1 aromatic heterocycles. The first-order chi connectivity index (χ1) is 20.6. The van der Waals surface area contributed by atoms with Crippen molar-refractivity contribution in [3.63, 3.8) is 0 Å². The molecule has 44 heavy (non-hydrogen) atoms. The Labute approximate surface area is 248 Å². The molecule has 19 heteroatoms. The van der Waals surface area contributed by atoms with E-state index in [0.717, 1.165) is 34.5 Å². The molecule has 4 rings (SSSR count). The largest absolute Gasteiger partial charge is 0.573 e. The summed E-state index contributed by atoms with van der Waals surface area (Å²) >= 11 is 0. The number of halogens is 5. The van der Waals surface area contributed by atoms with Crippen LogP contribution in [0.2, 0.25) is 0 Å². The molecule has 0 radical (unpaired) electrons. The molecule has 3 aromatic rings. The summed E-state index contributed by atoms with van der Waals surface area (Å²) in [5.41, 5.74) is 6.29. The van der Waals surface area contributed by atoms with Crippen molar-refractivity contribution < 1.29 is 49.8 Å². The number of nitrogens with zero attached hydrogens (tertiary/aromatic N) is 6. The molecular weight excluding hydrogens is 621 g/mol. The topological polar surface area (TPSA) is 174 Å². The zero-order valence-electron chi connectivity index (χ0n) is 23.1. The van der Waals surface area contributed by atoms with E-state index in [1.165, 1.54) is 30.3 Å². The third-order valence-corrected chi connectivity index (χ3v) is 8.30. The van der Waals surface area contributed by atoms with Crippen LogP contribution in [0.25, 0.3) is 0 Å². The first-order valence-electron chi connectivity index (χ1n) is 12.8. The van der Waals surface area contributed by atoms with Gasteiger partial charge >= 0.3 is 12.3 Å². The number of ether oxygens (including phenoxy) is 1. The monoisotopic (exact) mass is 649 g/mol. The van der Waals surface area contributed by atoms with E-state index in [1.807, 2.05) is 0 Å². The van der Waals surface area contributed by atoms with Crippen LogP contribution in [0.15, 0.2) is 59.8 Å². The Morgan fingerprint density at radius 1 is 1.05 bits per heavy atom. The van der Waals surface area contributed by atoms with Crippen molar-refractivity contribution in [2.24, 2.45) is 5.73 Å². The van der Waals surface area contributed by atoms with Gasteiger partial charge in [0.25, 0.3) is 5.92 Å². The lowest BCUT2D eigenvalue weighted by Gasteiger charge is -2.38. The van der Waals surface area contributed by atoms with Gasteiger partial charge in [-0.3, -0.25) is 9.59 Å². The first kappa shape index (κ1) is 34.3. The molecule has 0 saturated carbocycles. The van der Waals surface area contributed by atoms with E-state index >= 15 is 0 Å². The molecule has 2 heterocycles. The van der Waals surface area contributed by atoms with E-state index in [-0.39, 0.29) is 31.6 Å². The molecule has 1 saturated heterocycles. The van der Waals surface area contributed by atoms with Crippen LogP contribution in [0.5, 0.6) is 5.75 Å². The van der Waals surface area contributed by atoms with Crippen LogP contribution >= 0.6 is 0 Å². The molecule has 0 spiro atoms. The molecule has 1 amide bonds. The van der Waals surface area contributed by atoms with Gasteiger partial charge in [0.15, 0.2) is 0 Å². The predicted molar refractivity (Wildman–Crippen MR) is 141 cm³/mol. The van der Waals surface area contributed by atoms with E-state index in [1.54, 1.807) is 12.1 Å². The van der Waals surface area contributed by atoms with E-state index in [0.29, 0.717) is 10.8 Å². The molecule has 0 aliphatic carbocycles. The van der Waals surface area contributed by atoms with E-state index in [4.69, 9.17) is 5.73 Å². The quantitative estimate of drug-likeness (QED) is 0.327. The fourth-order valence-electron chi connectivity index (χ4n) is 4.01. The zero-order valence-corrected chi connectivity index (χ0v) is 23.9. The number of hydrogen-bond donors (Lipinski definition) is 2. The van der Waals surface area contributed by atoms with Gasteiger partial charge < -0.3 is 20.5 Å². The molecule has 240 valence electrons. The van der Waals surface area contributed by atoms with Gasteiger partial charge in [-0.1, -0.05) is 31.2 Å². The fraction of sp³-hybridized carbons (Fsp3) is 0.400. The van der Waals surface area contributed by atoms with Crippen molar-refractivity contribution in [1.29, 1.82) is 0 Å². The van der Waals surface area contributed by atoms with Crippen molar-refractivity contribution in [2.45, 2.75) is 49.7 Å². The highest BCUT2D eigenvalue weighted by atomic mass is 32.2. The zero-order chi connectivity index (χ0) is 32.7. The summed E-state index contributed by atoms with van der Waals surface area (Å²) in [6.07, 6.45) is -3.92. The summed E-state index contributed by atoms with van der Waals surface area (Å²) < 4.78 is 94.3. The predicted octanol–water partition coefficient (Wildman–Crippen LogP) is 2.21. The van der Waals surface area contributed by atoms with Crippen molar-refractivity contribution in [2.75, 3.05) is 19.6 Å². The number of hydrogen-bond acceptors (Lipinski definition) is 9. The van der Waals surface area contributed by atoms with Crippen LogP contribution in [0.4, 0.5) is 22.0 Å². The number of tetrazole rings is 1. The highest BCUT2D eigenvalue weighted by molar-refractivity contribution is 7.89. The van der Waals surface area contributed by atoms with Gasteiger partial charge in [0.05, 0.1) is 4.90 Å². The number of rotatable bonds is 9. The van der Waals surface area contributed by atoms with Crippen molar-refractivity contribution in [1.82, 2.24) is 29.4 Å². The molecule has 1 fully saturated rings. The molecule has 2 aromatic carbocycles. The Kier molecular flexibility index (Phi) is 10.9. The number of carboxylic acids is 1. The summed E-state index contributed by atoms with van der Waals surface area (Å²) in [6.45, 7) is 0.743. The lowest BCUT2D eigenvalue weighted by molar-refractivity contribution is -0.274. The van der Waals surface area contributed by atoms with Crippen LogP contribution in [0.1, 0.15) is 24.5 Å². The van der Waals surface area contributed by atoms with Crippen LogP contribution < -0.4 is 10.5 Å². The molecule has 1 aliphatic rings. The van der Waals surface area contributed by atoms with E-state index in [2.05, 4.69) is 20.3 Å². The van der Waals surface area contributed by atoms with Gasteiger partial charge in [0, 0.05) is 38.2 Å². The molecule has 13 nitrogen and oxygen atoms in total. The van der Waals surface area contributed by atoms with Crippen molar-refractivity contribution >= 4 is 21.9 Å². The van der Waals surface area contributed by atoms with Gasteiger partial charge in [0.1, 0.15) is 24.7 Å². The van der Waals surface area contributed by atoms with Gasteiger partial charge in [-0.05, 0) is 40.3 Å². The number of alkyl halides is 5. The number of sulfonamides is 1. The van der Waals surface area contributed by atoms with Crippen LogP contribution in [-0.2, 0) is 38.6 Å². The average Bonchev–Trinajstić information content (AvgIpc) is 3.49. The maximum atomic E-state index is 13.1. The van der Waals surface area contributed by atoms with E-state index in [9.17, 15) is 45.1 Å². The normalized spacial score (nSPS) is 16.2. The second-order valence-corrected chi connectivity index (χ2v) is 11.2. The summed E-state index contributed by atoms with van der Waals surface area (Å²) in [4.78, 5) is 24.8. The molecule has 1 atom stereocenters. The maximum Gasteiger partial charge on any atom is 0.573 e. The second kappa shape index (κ2) is 14.0. The standard InChI is InChI=1S/C15H15F3N6O6S.C10H13F2N/c16-15(17,18)30-10-1-3-11(4-2-10)31(28,29)24-6-5-22(7-12(24)14(26)27)13(25)8-23-9-19-20-21-23;1-2-10(11,12)9-5-3-8(7-13)4-6-9/h1-4,9,12H,5-8H2,(H,26,27);3-6H,2,7,13H2,1H3/t12-;/m1./s1. The number of carboxylic acid groups (broad SMARTS) is 1. The second-order valence-electron chi connectivity index (χ2n) is 9.30. The number of benzene rings is 2. The summed E-state index contributed by atoms with van der Waals surface area (Å²) in [5.74, 6) is -5.34. The SMILES string of the molecule is CCC(F)(F)c1ccc(CN)cc1.O=C(O)[C@H]1CN(C(=O)Cn2cnnn2)CCN1S(=O)(=O)c1ccc(OC(F)(F)F)cc1. The Balaban J connectivity index is 0.000000340. The van der Waals surface area contributed by atoms with Crippen molar-refractivity contribution in [3.8, 4) is 5.75 Å². The minimum absolute atomic E-state index is 0.0622. The number of carbonyl (C=O) groups is 2. The third-order valence-electron chi connectivity index (χ3n) is 6.38. The van der Waals surface area contributed by atoms with Crippen LogP contribution in [0, 0.1) is 0 Å². The van der Waals surface area contributed by atoms with Gasteiger partial charge in [-0.25, -0.2) is 21.9 Å². The summed E-state index contributed by atoms with van der Waals surface area (Å²) in [6, 6.07) is 7.93. The summed E-state index contributed by atoms with van der Waals surface area (Å²) in [7, 11) is -4.38. The molecule has 0 bridgehead atoms. The minimum atomic E-state index is -4.94. The fourth-order valence-corrected chi connectivity index (χ4v) is 5.58. The highest BCUT2D eigenvalue weighted by Crippen LogP contribution is 2.31. The van der Waals surface area contributed by atoms with Crippen LogP contribution in [-0.4, -0.2) is 86.9 Å². The lowest BCUT2D eigenvalue weighted by Crippen LogP contribution is -2.59. The van der Waals surface area contributed by atoms with Gasteiger partial charge in [-0.15, -0.1) is 18.3 Å². The number of nitrogens with two attached hydrogens (primary N) is 1. The smallest absolute Gasteiger partial charge is 0.480 e. The Morgan fingerprint density at radius 2 is 1.68 bits per heavy atom. The Hall–Kier alpha value is -4.23. The Morgan fingerprint density at radius 3 is 2.18 bits per heavy atom. The number of aliphatic carboxylic acids is 1. The lowest BCUT2D eigenvalue weighted by atomic mass is 10.0. The molecular formula is C25H28F5N7O6S. The third kappa shape index (κ3) is 8.89. The van der Waals surface area contributed by atoms with Crippen molar-refractivity contribution in [3.05, 3.63) is 66.0 Å². The van der Waals surface area contributed by atoms with Crippen LogP contribution in [0.3, 0.4) is 0 Å². The highest BCUT2D eigenvalue weighted by Gasteiger charge is 2.41. The number of aromatic nitrogens is 4. The number of amides is 1. The maximum absolute atomic E-state index is 13.1. The minimum Gasteiger partial charge on any atom is -0.480 e. The van der Waals surface area contributed by atoms with Gasteiger partial charge in [-0.2, -0.15) is 4.31 Å². The number of piperazine rings is 1. The average molecular weight is 650 g/mol. The van der Waals surface area contributed by atoms with E-state index < -0.39 is 57.4 Å². The number of carbonyl (C=O) groups excluding carboxylic acids is 1. The molecule has 1 aliphatic heterocycles. The first-order valence-corrected chi connectivity index (χ1v) is 14.3. The van der Waals surface area contributed by atoms with Gasteiger partial charge in [0.2, 0.25) is 15.9 Å². The summed E-state index contributed by atoms with van der Waals surface area (Å²) in [5, 5.41) is 19.8. The molecule has 0 unspecified atom stereocenters. The Bertz CT molecular complexity index is 1510.